The van der Waals surface area contributed by atoms with Crippen molar-refractivity contribution in [3.63, 3.8) is 0 Å². The van der Waals surface area contributed by atoms with Gasteiger partial charge in [0.2, 0.25) is 0 Å². The Kier molecular flexibility index (Phi) is 5.34. The molecule has 0 aliphatic carbocycles. The van der Waals surface area contributed by atoms with Crippen molar-refractivity contribution in [1.82, 2.24) is 9.88 Å². The molecule has 0 bridgehead atoms. The monoisotopic (exact) mass is 399 g/mol. The summed E-state index contributed by atoms with van der Waals surface area (Å²) in [4.78, 5) is 5.73. The number of nitrogens with zero attached hydrogens (tertiary/aromatic N) is 2. The van der Waals surface area contributed by atoms with Gasteiger partial charge in [-0.05, 0) is 35.2 Å². The van der Waals surface area contributed by atoms with Crippen LogP contribution in [-0.2, 0) is 0 Å². The minimum atomic E-state index is -2.66. The summed E-state index contributed by atoms with van der Waals surface area (Å²) in [6.45, 7) is 0.187. The van der Waals surface area contributed by atoms with Gasteiger partial charge < -0.3 is 15.6 Å². The van der Waals surface area contributed by atoms with Crippen LogP contribution in [0.1, 0.15) is 6.42 Å². The Morgan fingerprint density at radius 3 is 2.62 bits per heavy atom. The van der Waals surface area contributed by atoms with Crippen LogP contribution in [0.4, 0.5) is 14.6 Å². The van der Waals surface area contributed by atoms with Gasteiger partial charge in [0.1, 0.15) is 24.3 Å². The van der Waals surface area contributed by atoms with Crippen LogP contribution >= 0.6 is 0 Å². The van der Waals surface area contributed by atoms with Crippen LogP contribution in [0, 0.1) is 0 Å². The number of fused-ring (bicyclic) bond motifs is 1. The summed E-state index contributed by atoms with van der Waals surface area (Å²) in [6, 6.07) is 15.3. The Morgan fingerprint density at radius 2 is 1.93 bits per heavy atom. The van der Waals surface area contributed by atoms with Crippen molar-refractivity contribution in [2.24, 2.45) is 0 Å². The van der Waals surface area contributed by atoms with E-state index in [0.29, 0.717) is 11.6 Å². The van der Waals surface area contributed by atoms with Crippen LogP contribution in [0.5, 0.6) is 5.75 Å². The van der Waals surface area contributed by atoms with E-state index in [0.717, 1.165) is 21.9 Å². The minimum absolute atomic E-state index is 0.0365. The van der Waals surface area contributed by atoms with Crippen LogP contribution in [0.15, 0.2) is 54.7 Å². The first-order valence-corrected chi connectivity index (χ1v) is 9.56. The number of pyridine rings is 1. The maximum absolute atomic E-state index is 13.3. The van der Waals surface area contributed by atoms with E-state index in [2.05, 4.69) is 4.98 Å². The van der Waals surface area contributed by atoms with Crippen LogP contribution in [-0.4, -0.2) is 53.3 Å². The number of alkyl halides is 2. The van der Waals surface area contributed by atoms with Gasteiger partial charge in [0.05, 0.1) is 6.54 Å². The zero-order chi connectivity index (χ0) is 20.4. The zero-order valence-corrected chi connectivity index (χ0v) is 15.9. The third kappa shape index (κ3) is 4.46. The molecule has 0 amide bonds. The summed E-state index contributed by atoms with van der Waals surface area (Å²) in [5.41, 5.74) is 7.62. The van der Waals surface area contributed by atoms with Crippen LogP contribution in [0.25, 0.3) is 21.9 Å². The number of benzene rings is 2. The smallest absolute Gasteiger partial charge is 0.261 e. The van der Waals surface area contributed by atoms with E-state index in [-0.39, 0.29) is 32.7 Å². The standard InChI is InChI=1S/C22H23F2N3O2/c23-22(24)9-10-27(14-22)12-16(28)13-29-20-7-6-17(15-5-8-21(25)26-11-15)18-3-1-2-4-19(18)20/h1-8,11,16,28H,9-10,12-14H2,(H2,25,26). The summed E-state index contributed by atoms with van der Waals surface area (Å²) in [7, 11) is 0. The summed E-state index contributed by atoms with van der Waals surface area (Å²) in [5.74, 6) is -1.56. The molecule has 1 aliphatic heterocycles. The predicted octanol–water partition coefficient (Wildman–Crippen LogP) is 3.56. The molecule has 0 radical (unpaired) electrons. The summed E-state index contributed by atoms with van der Waals surface area (Å²) >= 11 is 0. The van der Waals surface area contributed by atoms with Crippen molar-refractivity contribution < 1.29 is 18.6 Å². The van der Waals surface area contributed by atoms with Gasteiger partial charge in [-0.25, -0.2) is 13.8 Å². The Labute approximate surface area is 167 Å². The molecule has 4 rings (SSSR count). The van der Waals surface area contributed by atoms with Crippen LogP contribution in [0.3, 0.4) is 0 Å². The number of hydrogen-bond donors (Lipinski definition) is 2. The Hall–Kier alpha value is -2.77. The molecule has 1 fully saturated rings. The first kappa shape index (κ1) is 19.5. The fraction of sp³-hybridized carbons (Fsp3) is 0.318. The van der Waals surface area contributed by atoms with Gasteiger partial charge in [0, 0.05) is 36.7 Å². The fourth-order valence-electron chi connectivity index (χ4n) is 3.71. The second-order valence-electron chi connectivity index (χ2n) is 7.43. The molecular formula is C22H23F2N3O2. The molecule has 152 valence electrons. The molecule has 0 saturated carbocycles. The number of aliphatic hydroxyl groups is 1. The van der Waals surface area contributed by atoms with Gasteiger partial charge in [-0.15, -0.1) is 0 Å². The third-order valence-electron chi connectivity index (χ3n) is 5.13. The molecule has 1 unspecified atom stereocenters. The fourth-order valence-corrected chi connectivity index (χ4v) is 3.71. The van der Waals surface area contributed by atoms with Gasteiger partial charge >= 0.3 is 0 Å². The molecule has 1 atom stereocenters. The first-order valence-electron chi connectivity index (χ1n) is 9.56. The number of halogens is 2. The average molecular weight is 399 g/mol. The summed E-state index contributed by atoms with van der Waals surface area (Å²) in [6.07, 6.45) is 0.725. The molecule has 1 saturated heterocycles. The largest absolute Gasteiger partial charge is 0.490 e. The number of anilines is 1. The molecule has 3 aromatic rings. The van der Waals surface area contributed by atoms with E-state index in [9.17, 15) is 13.9 Å². The number of aromatic nitrogens is 1. The summed E-state index contributed by atoms with van der Waals surface area (Å²) in [5, 5.41) is 12.1. The van der Waals surface area contributed by atoms with Gasteiger partial charge in [0.25, 0.3) is 5.92 Å². The highest BCUT2D eigenvalue weighted by Crippen LogP contribution is 2.34. The number of ether oxygens (including phenoxy) is 1. The number of nitrogen functional groups attached to an aromatic ring is 1. The van der Waals surface area contributed by atoms with E-state index >= 15 is 0 Å². The quantitative estimate of drug-likeness (QED) is 0.663. The molecule has 1 aliphatic rings. The molecule has 2 aromatic carbocycles. The Balaban J connectivity index is 1.50. The molecule has 2 heterocycles. The highest BCUT2D eigenvalue weighted by Gasteiger charge is 2.38. The zero-order valence-electron chi connectivity index (χ0n) is 15.9. The van der Waals surface area contributed by atoms with E-state index in [1.165, 1.54) is 0 Å². The summed E-state index contributed by atoms with van der Waals surface area (Å²) < 4.78 is 32.5. The number of nitrogens with two attached hydrogens (primary N) is 1. The second-order valence-corrected chi connectivity index (χ2v) is 7.43. The van der Waals surface area contributed by atoms with E-state index in [4.69, 9.17) is 10.5 Å². The van der Waals surface area contributed by atoms with Crippen molar-refractivity contribution in [2.75, 3.05) is 32.0 Å². The highest BCUT2D eigenvalue weighted by atomic mass is 19.3. The van der Waals surface area contributed by atoms with E-state index in [1.807, 2.05) is 42.5 Å². The minimum Gasteiger partial charge on any atom is -0.490 e. The lowest BCUT2D eigenvalue weighted by molar-refractivity contribution is 0.00466. The number of hydrogen-bond acceptors (Lipinski definition) is 5. The Bertz CT molecular complexity index is 995. The number of rotatable bonds is 6. The maximum atomic E-state index is 13.3. The molecule has 29 heavy (non-hydrogen) atoms. The topological polar surface area (TPSA) is 71.6 Å². The van der Waals surface area contributed by atoms with Gasteiger partial charge in [-0.2, -0.15) is 0 Å². The van der Waals surface area contributed by atoms with Crippen molar-refractivity contribution in [3.8, 4) is 16.9 Å². The molecular weight excluding hydrogens is 376 g/mol. The lowest BCUT2D eigenvalue weighted by atomic mass is 9.99. The van der Waals surface area contributed by atoms with Crippen LogP contribution < -0.4 is 10.5 Å². The van der Waals surface area contributed by atoms with E-state index in [1.54, 1.807) is 17.2 Å². The number of β-amino-alcohol motifs (C(OH)–C–C–N with tert-alkyl or cyclic N) is 1. The lowest BCUT2D eigenvalue weighted by Crippen LogP contribution is -2.35. The molecule has 7 heteroatoms. The highest BCUT2D eigenvalue weighted by molar-refractivity contribution is 6.00. The number of aliphatic hydroxyl groups excluding tert-OH is 1. The molecule has 3 N–H and O–H groups in total. The maximum Gasteiger partial charge on any atom is 0.261 e. The second kappa shape index (κ2) is 7.93. The first-order chi connectivity index (χ1) is 13.9. The van der Waals surface area contributed by atoms with Gasteiger partial charge in [-0.3, -0.25) is 4.90 Å². The molecule has 5 nitrogen and oxygen atoms in total. The SMILES string of the molecule is Nc1ccc(-c2ccc(OCC(O)CN3CCC(F)(F)C3)c3ccccc23)cn1. The predicted molar refractivity (Wildman–Crippen MR) is 109 cm³/mol. The lowest BCUT2D eigenvalue weighted by Gasteiger charge is -2.20. The van der Waals surface area contributed by atoms with Crippen molar-refractivity contribution in [2.45, 2.75) is 18.4 Å². The van der Waals surface area contributed by atoms with Crippen LogP contribution in [0.2, 0.25) is 0 Å². The molecule has 1 aromatic heterocycles. The van der Waals surface area contributed by atoms with Gasteiger partial charge in [0.15, 0.2) is 0 Å². The number of likely N-dealkylation sites (tertiary alicyclic amines) is 1. The Morgan fingerprint density at radius 1 is 1.14 bits per heavy atom. The third-order valence-corrected chi connectivity index (χ3v) is 5.13. The normalized spacial score (nSPS) is 17.5. The van der Waals surface area contributed by atoms with Crippen molar-refractivity contribution in [3.05, 3.63) is 54.7 Å². The molecule has 0 spiro atoms. The van der Waals surface area contributed by atoms with Gasteiger partial charge in [-0.1, -0.05) is 24.3 Å². The van der Waals surface area contributed by atoms with E-state index < -0.39 is 12.0 Å². The van der Waals surface area contributed by atoms with Crippen molar-refractivity contribution >= 4 is 16.6 Å². The van der Waals surface area contributed by atoms with Crippen molar-refractivity contribution in [1.29, 1.82) is 0 Å². The average Bonchev–Trinajstić information content (AvgIpc) is 3.05.